The second-order valence-electron chi connectivity index (χ2n) is 5.87. The Morgan fingerprint density at radius 1 is 1.13 bits per heavy atom. The lowest BCUT2D eigenvalue weighted by molar-refractivity contribution is -0.655. The summed E-state index contributed by atoms with van der Waals surface area (Å²) in [6.45, 7) is 8.62. The van der Waals surface area contributed by atoms with Gasteiger partial charge in [0, 0.05) is 16.8 Å². The Morgan fingerprint density at radius 3 is 2.43 bits per heavy atom. The van der Waals surface area contributed by atoms with Gasteiger partial charge < -0.3 is 15.0 Å². The first kappa shape index (κ1) is 15.7. The number of hydrogen-bond donors (Lipinski definition) is 1. The molecule has 23 heavy (non-hydrogen) atoms. The topological polar surface area (TPSA) is 54.9 Å². The minimum atomic E-state index is 0.798. The van der Waals surface area contributed by atoms with Crippen LogP contribution in [0.1, 0.15) is 18.2 Å². The highest BCUT2D eigenvalue weighted by Gasteiger charge is 2.20. The van der Waals surface area contributed by atoms with Crippen LogP contribution < -0.4 is 15.0 Å². The van der Waals surface area contributed by atoms with Crippen molar-refractivity contribution in [1.29, 1.82) is 0 Å². The molecule has 0 spiro atoms. The predicted octanol–water partition coefficient (Wildman–Crippen LogP) is 1.41. The minimum absolute atomic E-state index is 0.798. The fourth-order valence-corrected chi connectivity index (χ4v) is 3.09. The molecule has 0 saturated carbocycles. The molecule has 2 aromatic rings. The zero-order valence-corrected chi connectivity index (χ0v) is 14.2. The van der Waals surface area contributed by atoms with Gasteiger partial charge in [0.25, 0.3) is 0 Å². The number of ether oxygens (including phenoxy) is 1. The van der Waals surface area contributed by atoms with Crippen LogP contribution in [0.2, 0.25) is 0 Å². The van der Waals surface area contributed by atoms with Crippen molar-refractivity contribution in [1.82, 2.24) is 9.97 Å². The molecule has 1 fully saturated rings. The normalized spacial score (nSPS) is 14.8. The second kappa shape index (κ2) is 6.96. The highest BCUT2D eigenvalue weighted by atomic mass is 16.5. The van der Waals surface area contributed by atoms with Gasteiger partial charge in [-0.1, -0.05) is 6.92 Å². The summed E-state index contributed by atoms with van der Waals surface area (Å²) in [7, 11) is 1.68. The molecular formula is C18H25N4O+. The average Bonchev–Trinajstić information content (AvgIpc) is 2.62. The summed E-state index contributed by atoms with van der Waals surface area (Å²) in [6, 6.07) is 7.95. The van der Waals surface area contributed by atoms with Gasteiger partial charge in [-0.15, -0.1) is 0 Å². The zero-order chi connectivity index (χ0) is 16.2. The molecule has 0 aliphatic carbocycles. The third-order valence-corrected chi connectivity index (χ3v) is 4.40. The lowest BCUT2D eigenvalue weighted by Gasteiger charge is -2.28. The van der Waals surface area contributed by atoms with E-state index in [4.69, 9.17) is 14.7 Å². The fourth-order valence-electron chi connectivity index (χ4n) is 3.09. The highest BCUT2D eigenvalue weighted by molar-refractivity contribution is 5.61. The van der Waals surface area contributed by atoms with E-state index in [0.29, 0.717) is 0 Å². The van der Waals surface area contributed by atoms with E-state index in [1.807, 2.05) is 24.3 Å². The number of hydrogen-bond acceptors (Lipinski definition) is 4. The van der Waals surface area contributed by atoms with E-state index in [1.54, 1.807) is 7.11 Å². The summed E-state index contributed by atoms with van der Waals surface area (Å²) >= 11 is 0. The Labute approximate surface area is 137 Å². The van der Waals surface area contributed by atoms with Crippen LogP contribution in [0.3, 0.4) is 0 Å². The third-order valence-electron chi connectivity index (χ3n) is 4.40. The molecule has 5 nitrogen and oxygen atoms in total. The molecule has 1 aromatic carbocycles. The first-order chi connectivity index (χ1) is 11.2. The highest BCUT2D eigenvalue weighted by Crippen LogP contribution is 2.26. The van der Waals surface area contributed by atoms with Crippen LogP contribution in [-0.4, -0.2) is 43.3 Å². The number of quaternary nitrogens is 1. The number of anilines is 1. The van der Waals surface area contributed by atoms with Crippen LogP contribution in [0.4, 0.5) is 5.82 Å². The number of benzene rings is 1. The molecule has 1 aliphatic heterocycles. The molecule has 1 aliphatic rings. The van der Waals surface area contributed by atoms with E-state index >= 15 is 0 Å². The van der Waals surface area contributed by atoms with Gasteiger partial charge in [-0.2, -0.15) is 0 Å². The lowest BCUT2D eigenvalue weighted by Crippen LogP contribution is -2.89. The lowest BCUT2D eigenvalue weighted by atomic mass is 10.1. The van der Waals surface area contributed by atoms with Gasteiger partial charge in [0.1, 0.15) is 11.6 Å². The third kappa shape index (κ3) is 3.29. The molecule has 1 saturated heterocycles. The molecule has 1 aromatic heterocycles. The van der Waals surface area contributed by atoms with Crippen LogP contribution in [-0.2, 0) is 6.42 Å². The number of nitrogens with zero attached hydrogens (tertiary/aromatic N) is 3. The maximum absolute atomic E-state index is 5.23. The van der Waals surface area contributed by atoms with E-state index < -0.39 is 0 Å². The number of piperazine rings is 1. The van der Waals surface area contributed by atoms with Crippen molar-refractivity contribution in [3.63, 3.8) is 0 Å². The quantitative estimate of drug-likeness (QED) is 0.927. The molecular weight excluding hydrogens is 288 g/mol. The first-order valence-corrected chi connectivity index (χ1v) is 8.31. The molecule has 0 bridgehead atoms. The van der Waals surface area contributed by atoms with Gasteiger partial charge in [0.05, 0.1) is 33.3 Å². The van der Waals surface area contributed by atoms with E-state index in [9.17, 15) is 0 Å². The van der Waals surface area contributed by atoms with Crippen LogP contribution in [0.5, 0.6) is 5.75 Å². The Balaban J connectivity index is 2.02. The van der Waals surface area contributed by atoms with E-state index in [1.165, 1.54) is 5.56 Å². The number of rotatable bonds is 4. The fraction of sp³-hybridized carbons (Fsp3) is 0.444. The molecule has 2 heterocycles. The summed E-state index contributed by atoms with van der Waals surface area (Å²) in [5.41, 5.74) is 3.38. The maximum atomic E-state index is 5.23. The Morgan fingerprint density at radius 2 is 1.83 bits per heavy atom. The molecule has 5 heteroatoms. The molecule has 0 atom stereocenters. The summed E-state index contributed by atoms with van der Waals surface area (Å²) < 4.78 is 5.23. The molecule has 2 N–H and O–H groups in total. The van der Waals surface area contributed by atoms with Gasteiger partial charge >= 0.3 is 0 Å². The van der Waals surface area contributed by atoms with Gasteiger partial charge in [-0.25, -0.2) is 9.97 Å². The van der Waals surface area contributed by atoms with Gasteiger partial charge in [-0.3, -0.25) is 0 Å². The average molecular weight is 313 g/mol. The number of methoxy groups -OCH3 is 1. The van der Waals surface area contributed by atoms with Crippen LogP contribution in [0.15, 0.2) is 24.3 Å². The zero-order valence-electron chi connectivity index (χ0n) is 14.2. The molecule has 0 amide bonds. The smallest absolute Gasteiger partial charge is 0.161 e. The standard InChI is InChI=1S/C18H24N4O/c1-4-16-13(2)20-17(14-5-7-15(23-3)8-6-14)21-18(16)22-11-9-19-10-12-22/h5-8,19H,4,9-12H2,1-3H3/p+1. The SMILES string of the molecule is CCc1c(C)nc(-c2ccc(OC)cc2)nc1N1CC[NH2+]CC1. The van der Waals surface area contributed by atoms with E-state index in [-0.39, 0.29) is 0 Å². The van der Waals surface area contributed by atoms with E-state index in [2.05, 4.69) is 24.1 Å². The van der Waals surface area contributed by atoms with Gasteiger partial charge in [0.2, 0.25) is 0 Å². The van der Waals surface area contributed by atoms with Crippen LogP contribution in [0.25, 0.3) is 11.4 Å². The monoisotopic (exact) mass is 313 g/mol. The summed E-state index contributed by atoms with van der Waals surface area (Å²) in [4.78, 5) is 12.1. The Bertz CT molecular complexity index is 663. The van der Waals surface area contributed by atoms with Crippen molar-refractivity contribution in [2.45, 2.75) is 20.3 Å². The van der Waals surface area contributed by atoms with Gasteiger partial charge in [-0.05, 0) is 37.6 Å². The van der Waals surface area contributed by atoms with Crippen molar-refractivity contribution in [3.05, 3.63) is 35.5 Å². The predicted molar refractivity (Wildman–Crippen MR) is 92.0 cm³/mol. The number of aromatic nitrogens is 2. The van der Waals surface area contributed by atoms with Crippen molar-refractivity contribution in [2.75, 3.05) is 38.2 Å². The van der Waals surface area contributed by atoms with E-state index in [0.717, 1.165) is 61.2 Å². The summed E-state index contributed by atoms with van der Waals surface area (Å²) in [5.74, 6) is 2.76. The Kier molecular flexibility index (Phi) is 4.76. The van der Waals surface area contributed by atoms with Crippen LogP contribution >= 0.6 is 0 Å². The minimum Gasteiger partial charge on any atom is -0.497 e. The van der Waals surface area contributed by atoms with Crippen LogP contribution in [0, 0.1) is 6.92 Å². The number of nitrogens with two attached hydrogens (primary N) is 1. The largest absolute Gasteiger partial charge is 0.497 e. The summed E-state index contributed by atoms with van der Waals surface area (Å²) in [6.07, 6.45) is 0.963. The second-order valence-corrected chi connectivity index (χ2v) is 5.87. The maximum Gasteiger partial charge on any atom is 0.161 e. The van der Waals surface area contributed by atoms with Crippen molar-refractivity contribution in [3.8, 4) is 17.1 Å². The Hall–Kier alpha value is -2.14. The first-order valence-electron chi connectivity index (χ1n) is 8.31. The molecule has 3 rings (SSSR count). The van der Waals surface area contributed by atoms with Crippen molar-refractivity contribution >= 4 is 5.82 Å². The molecule has 122 valence electrons. The molecule has 0 unspecified atom stereocenters. The van der Waals surface area contributed by atoms with Crippen molar-refractivity contribution < 1.29 is 10.1 Å². The summed E-state index contributed by atoms with van der Waals surface area (Å²) in [5, 5.41) is 2.36. The molecule has 0 radical (unpaired) electrons. The van der Waals surface area contributed by atoms with Gasteiger partial charge in [0.15, 0.2) is 5.82 Å². The number of aryl methyl sites for hydroxylation is 1. The van der Waals surface area contributed by atoms with Crippen molar-refractivity contribution in [2.24, 2.45) is 0 Å².